The van der Waals surface area contributed by atoms with Crippen LogP contribution in [0.5, 0.6) is 5.75 Å². The van der Waals surface area contributed by atoms with E-state index >= 15 is 0 Å². The molecule has 0 bridgehead atoms. The lowest BCUT2D eigenvalue weighted by atomic mass is 10.2. The number of carbonyl (C=O) groups excluding carboxylic acids is 1. The van der Waals surface area contributed by atoms with Gasteiger partial charge in [0.2, 0.25) is 6.10 Å². The predicted octanol–water partition coefficient (Wildman–Crippen LogP) is 1.02. The quantitative estimate of drug-likeness (QED) is 0.462. The molecule has 1 fully saturated rings. The van der Waals surface area contributed by atoms with Crippen LogP contribution in [0.2, 0.25) is 0 Å². The number of nitrogens with one attached hydrogen (secondary N) is 1. The number of carbonyl (C=O) groups is 1. The minimum Gasteiger partial charge on any atom is -0.475 e. The maximum atomic E-state index is 11.9. The van der Waals surface area contributed by atoms with E-state index < -0.39 is 12.1 Å². The third-order valence-electron chi connectivity index (χ3n) is 4.51. The van der Waals surface area contributed by atoms with Gasteiger partial charge in [0.1, 0.15) is 5.75 Å². The summed E-state index contributed by atoms with van der Waals surface area (Å²) in [7, 11) is 1.36. The second kappa shape index (κ2) is 9.16. The van der Waals surface area contributed by atoms with E-state index in [1.807, 2.05) is 29.2 Å². The number of esters is 1. The third-order valence-corrected chi connectivity index (χ3v) is 4.88. The van der Waals surface area contributed by atoms with E-state index in [2.05, 4.69) is 10.2 Å². The number of methoxy groups -OCH3 is 1. The van der Waals surface area contributed by atoms with Crippen molar-refractivity contribution in [2.75, 3.05) is 57.9 Å². The number of rotatable bonds is 5. The molecule has 1 N–H and O–H groups in total. The number of hydrogen-bond acceptors (Lipinski definition) is 6. The Bertz CT molecular complexity index is 637. The van der Waals surface area contributed by atoms with Crippen molar-refractivity contribution >= 4 is 29.0 Å². The number of morpholine rings is 1. The first-order chi connectivity index (χ1) is 12.7. The topological polar surface area (TPSA) is 63.3 Å². The van der Waals surface area contributed by atoms with E-state index in [0.29, 0.717) is 17.4 Å². The van der Waals surface area contributed by atoms with Crippen LogP contribution < -0.4 is 15.0 Å². The third kappa shape index (κ3) is 4.63. The van der Waals surface area contributed by atoms with Crippen LogP contribution in [0.4, 0.5) is 5.69 Å². The molecule has 2 heterocycles. The van der Waals surface area contributed by atoms with Crippen LogP contribution >= 0.6 is 12.2 Å². The Labute approximate surface area is 159 Å². The van der Waals surface area contributed by atoms with Crippen molar-refractivity contribution < 1.29 is 19.0 Å². The fourth-order valence-corrected chi connectivity index (χ4v) is 3.37. The molecule has 7 nitrogen and oxygen atoms in total. The van der Waals surface area contributed by atoms with Gasteiger partial charge in [-0.25, -0.2) is 4.79 Å². The monoisotopic (exact) mass is 379 g/mol. The minimum atomic E-state index is -0.692. The Morgan fingerprint density at radius 3 is 2.88 bits per heavy atom. The molecule has 1 atom stereocenters. The standard InChI is InChI=1S/C18H25N3O4S/c1-23-17(22)16-13-21(14-5-2-3-6-15(14)25-16)18(26)19-7-4-8-20-9-11-24-12-10-20/h2-3,5-6,16H,4,7-13H2,1H3,(H,19,26)/t16-/m0/s1. The summed E-state index contributed by atoms with van der Waals surface area (Å²) in [5.41, 5.74) is 0.860. The fourth-order valence-electron chi connectivity index (χ4n) is 3.10. The molecule has 2 aliphatic heterocycles. The Morgan fingerprint density at radius 2 is 2.12 bits per heavy atom. The molecule has 1 saturated heterocycles. The van der Waals surface area contributed by atoms with Gasteiger partial charge in [-0.1, -0.05) is 12.1 Å². The van der Waals surface area contributed by atoms with E-state index in [1.165, 1.54) is 7.11 Å². The normalized spacial score (nSPS) is 20.0. The molecule has 142 valence electrons. The van der Waals surface area contributed by atoms with E-state index in [-0.39, 0.29) is 0 Å². The van der Waals surface area contributed by atoms with Gasteiger partial charge >= 0.3 is 5.97 Å². The largest absolute Gasteiger partial charge is 0.475 e. The fraction of sp³-hybridized carbons (Fsp3) is 0.556. The highest BCUT2D eigenvalue weighted by molar-refractivity contribution is 7.80. The molecular weight excluding hydrogens is 354 g/mol. The Kier molecular flexibility index (Phi) is 6.65. The first kappa shape index (κ1) is 18.9. The Balaban J connectivity index is 1.55. The summed E-state index contributed by atoms with van der Waals surface area (Å²) in [5, 5.41) is 3.90. The SMILES string of the molecule is COC(=O)[C@@H]1CN(C(=S)NCCCN2CCOCC2)c2ccccc2O1. The van der Waals surface area contributed by atoms with E-state index in [1.54, 1.807) is 0 Å². The molecule has 2 aliphatic rings. The van der Waals surface area contributed by atoms with Gasteiger partial charge in [0.25, 0.3) is 0 Å². The second-order valence-corrected chi connectivity index (χ2v) is 6.63. The maximum absolute atomic E-state index is 11.9. The van der Waals surface area contributed by atoms with Crippen LogP contribution in [0.1, 0.15) is 6.42 Å². The molecule has 0 aromatic heterocycles. The van der Waals surface area contributed by atoms with Crippen LogP contribution in [0, 0.1) is 0 Å². The predicted molar refractivity (Wildman–Crippen MR) is 103 cm³/mol. The molecule has 0 spiro atoms. The van der Waals surface area contributed by atoms with Gasteiger partial charge in [0, 0.05) is 19.6 Å². The number of para-hydroxylation sites is 2. The van der Waals surface area contributed by atoms with Gasteiger partial charge in [-0.15, -0.1) is 0 Å². The zero-order valence-electron chi connectivity index (χ0n) is 15.0. The first-order valence-corrected chi connectivity index (χ1v) is 9.29. The Hall–Kier alpha value is -1.90. The van der Waals surface area contributed by atoms with E-state index in [9.17, 15) is 4.79 Å². The highest BCUT2D eigenvalue weighted by Gasteiger charge is 2.33. The number of fused-ring (bicyclic) bond motifs is 1. The summed E-state index contributed by atoms with van der Waals surface area (Å²) in [6, 6.07) is 7.56. The van der Waals surface area contributed by atoms with Gasteiger partial charge in [-0.2, -0.15) is 0 Å². The molecule has 3 rings (SSSR count). The molecule has 26 heavy (non-hydrogen) atoms. The van der Waals surface area contributed by atoms with Crippen LogP contribution in [0.15, 0.2) is 24.3 Å². The van der Waals surface area contributed by atoms with Gasteiger partial charge in [0.05, 0.1) is 32.6 Å². The summed E-state index contributed by atoms with van der Waals surface area (Å²) in [5.74, 6) is 0.228. The van der Waals surface area contributed by atoms with Crippen LogP contribution in [0.3, 0.4) is 0 Å². The number of benzene rings is 1. The number of hydrogen-bond donors (Lipinski definition) is 1. The molecule has 0 radical (unpaired) electrons. The summed E-state index contributed by atoms with van der Waals surface area (Å²) in [6.07, 6.45) is 0.301. The first-order valence-electron chi connectivity index (χ1n) is 8.88. The maximum Gasteiger partial charge on any atom is 0.348 e. The summed E-state index contributed by atoms with van der Waals surface area (Å²) < 4.78 is 15.9. The van der Waals surface area contributed by atoms with Crippen molar-refractivity contribution in [1.82, 2.24) is 10.2 Å². The molecule has 1 aromatic rings. The zero-order chi connectivity index (χ0) is 18.4. The van der Waals surface area contributed by atoms with Gasteiger partial charge < -0.3 is 24.4 Å². The van der Waals surface area contributed by atoms with Gasteiger partial charge in [0.15, 0.2) is 5.11 Å². The number of thiocarbonyl (C=S) groups is 1. The lowest BCUT2D eigenvalue weighted by molar-refractivity contribution is -0.148. The Morgan fingerprint density at radius 1 is 1.35 bits per heavy atom. The lowest BCUT2D eigenvalue weighted by Gasteiger charge is -2.35. The van der Waals surface area contributed by atoms with Crippen molar-refractivity contribution in [2.45, 2.75) is 12.5 Å². The average molecular weight is 379 g/mol. The summed E-state index contributed by atoms with van der Waals surface area (Å²) >= 11 is 5.57. The smallest absolute Gasteiger partial charge is 0.348 e. The van der Waals surface area contributed by atoms with Gasteiger partial charge in [-0.05, 0) is 37.3 Å². The molecule has 1 aromatic carbocycles. The molecule has 0 aliphatic carbocycles. The number of nitrogens with zero attached hydrogens (tertiary/aromatic N) is 2. The summed E-state index contributed by atoms with van der Waals surface area (Å²) in [4.78, 5) is 16.2. The molecule has 0 amide bonds. The van der Waals surface area contributed by atoms with Crippen molar-refractivity contribution in [3.8, 4) is 5.75 Å². The van der Waals surface area contributed by atoms with Crippen LogP contribution in [0.25, 0.3) is 0 Å². The average Bonchev–Trinajstić information content (AvgIpc) is 2.70. The zero-order valence-corrected chi connectivity index (χ0v) is 15.8. The lowest BCUT2D eigenvalue weighted by Crippen LogP contribution is -2.51. The molecule has 8 heteroatoms. The molecule has 0 saturated carbocycles. The van der Waals surface area contributed by atoms with Crippen molar-refractivity contribution in [3.05, 3.63) is 24.3 Å². The second-order valence-electron chi connectivity index (χ2n) is 6.25. The highest BCUT2D eigenvalue weighted by atomic mass is 32.1. The number of ether oxygens (including phenoxy) is 3. The van der Waals surface area contributed by atoms with Crippen molar-refractivity contribution in [3.63, 3.8) is 0 Å². The van der Waals surface area contributed by atoms with E-state index in [0.717, 1.165) is 51.5 Å². The van der Waals surface area contributed by atoms with Crippen LogP contribution in [-0.2, 0) is 14.3 Å². The molecule has 0 unspecified atom stereocenters. The summed E-state index contributed by atoms with van der Waals surface area (Å²) in [6.45, 7) is 5.72. The highest BCUT2D eigenvalue weighted by Crippen LogP contribution is 2.33. The van der Waals surface area contributed by atoms with Crippen molar-refractivity contribution in [2.24, 2.45) is 0 Å². The molecular formula is C18H25N3O4S. The number of anilines is 1. The van der Waals surface area contributed by atoms with Crippen molar-refractivity contribution in [1.29, 1.82) is 0 Å². The van der Waals surface area contributed by atoms with Crippen LogP contribution in [-0.4, -0.2) is 75.1 Å². The minimum absolute atomic E-state index is 0.332. The van der Waals surface area contributed by atoms with Gasteiger partial charge in [-0.3, -0.25) is 4.90 Å². The van der Waals surface area contributed by atoms with E-state index in [4.69, 9.17) is 26.4 Å².